The summed E-state index contributed by atoms with van der Waals surface area (Å²) >= 11 is 0. The molecule has 2 aliphatic heterocycles. The van der Waals surface area contributed by atoms with Crippen LogP contribution in [0.5, 0.6) is 0 Å². The Bertz CT molecular complexity index is 972. The molecular weight excluding hydrogens is 372 g/mol. The highest BCUT2D eigenvalue weighted by Gasteiger charge is 2.52. The number of morpholine rings is 1. The number of fused-ring (bicyclic) bond motifs is 1. The Balaban J connectivity index is 1.63. The van der Waals surface area contributed by atoms with Gasteiger partial charge in [0, 0.05) is 13.1 Å². The van der Waals surface area contributed by atoms with Crippen molar-refractivity contribution in [2.75, 3.05) is 31.3 Å². The van der Waals surface area contributed by atoms with Gasteiger partial charge < -0.3 is 4.74 Å². The molecule has 1 saturated heterocycles. The van der Waals surface area contributed by atoms with Gasteiger partial charge in [0.15, 0.2) is 0 Å². The van der Waals surface area contributed by atoms with E-state index in [4.69, 9.17) is 4.74 Å². The van der Waals surface area contributed by atoms with E-state index in [0.717, 1.165) is 24.3 Å². The van der Waals surface area contributed by atoms with Crippen molar-refractivity contribution in [1.29, 1.82) is 0 Å². The first-order valence-electron chi connectivity index (χ1n) is 10.6. The van der Waals surface area contributed by atoms with Crippen LogP contribution in [0.4, 0.5) is 5.69 Å². The van der Waals surface area contributed by atoms with Crippen LogP contribution in [0.25, 0.3) is 0 Å². The standard InChI is InChI=1S/C26H26N2O2/c29-25-26(19-21-9-3-1-4-10-21,20-22-11-5-2-6-12-22)23-13-7-8-14-24(23)28(25)27-15-17-30-18-16-27/h1-14H,15-20H2. The smallest absolute Gasteiger partial charge is 0.252 e. The van der Waals surface area contributed by atoms with Crippen molar-refractivity contribution in [2.45, 2.75) is 18.3 Å². The molecule has 5 rings (SSSR count). The zero-order valence-electron chi connectivity index (χ0n) is 17.0. The molecule has 3 aromatic rings. The zero-order chi connectivity index (χ0) is 20.4. The van der Waals surface area contributed by atoms with Gasteiger partial charge >= 0.3 is 0 Å². The number of hydrogen-bond donors (Lipinski definition) is 0. The SMILES string of the molecule is O=C1N(N2CCOCC2)c2ccccc2C1(Cc1ccccc1)Cc1ccccc1. The van der Waals surface area contributed by atoms with Crippen LogP contribution in [0, 0.1) is 0 Å². The van der Waals surface area contributed by atoms with Gasteiger partial charge in [0.2, 0.25) is 0 Å². The van der Waals surface area contributed by atoms with Crippen molar-refractivity contribution in [3.05, 3.63) is 102 Å². The Morgan fingerprint density at radius 3 is 1.87 bits per heavy atom. The monoisotopic (exact) mass is 398 g/mol. The lowest BCUT2D eigenvalue weighted by molar-refractivity contribution is -0.127. The molecule has 0 radical (unpaired) electrons. The fourth-order valence-electron chi connectivity index (χ4n) is 4.82. The van der Waals surface area contributed by atoms with Crippen LogP contribution in [0.1, 0.15) is 16.7 Å². The van der Waals surface area contributed by atoms with E-state index >= 15 is 0 Å². The number of amides is 1. The fourth-order valence-corrected chi connectivity index (χ4v) is 4.82. The van der Waals surface area contributed by atoms with E-state index in [2.05, 4.69) is 71.7 Å². The van der Waals surface area contributed by atoms with E-state index in [0.29, 0.717) is 26.1 Å². The molecule has 0 aromatic heterocycles. The third-order valence-corrected chi connectivity index (χ3v) is 6.22. The predicted molar refractivity (Wildman–Crippen MR) is 118 cm³/mol. The number of nitrogens with zero attached hydrogens (tertiary/aromatic N) is 2. The van der Waals surface area contributed by atoms with Crippen molar-refractivity contribution in [3.63, 3.8) is 0 Å². The lowest BCUT2D eigenvalue weighted by Crippen LogP contribution is -2.54. The topological polar surface area (TPSA) is 32.8 Å². The number of hydrogen-bond acceptors (Lipinski definition) is 3. The molecule has 2 aliphatic rings. The molecule has 0 bridgehead atoms. The minimum absolute atomic E-state index is 0.165. The maximum Gasteiger partial charge on any atom is 0.252 e. The summed E-state index contributed by atoms with van der Waals surface area (Å²) in [6, 6.07) is 29.1. The van der Waals surface area contributed by atoms with Crippen molar-refractivity contribution in [2.24, 2.45) is 0 Å². The number of ether oxygens (including phenoxy) is 1. The molecule has 1 amide bonds. The Hall–Kier alpha value is -2.95. The zero-order valence-corrected chi connectivity index (χ0v) is 17.0. The first-order chi connectivity index (χ1) is 14.8. The minimum atomic E-state index is -0.627. The lowest BCUT2D eigenvalue weighted by atomic mass is 9.72. The van der Waals surface area contributed by atoms with Gasteiger partial charge in [0.1, 0.15) is 0 Å². The van der Waals surface area contributed by atoms with Crippen LogP contribution in [-0.4, -0.2) is 37.2 Å². The molecule has 30 heavy (non-hydrogen) atoms. The normalized spacial score (nSPS) is 18.4. The summed E-state index contributed by atoms with van der Waals surface area (Å²) in [5, 5.41) is 4.09. The van der Waals surface area contributed by atoms with Gasteiger partial charge in [-0.25, -0.2) is 10.0 Å². The number of hydrazine groups is 1. The maximum atomic E-state index is 14.2. The second-order valence-electron chi connectivity index (χ2n) is 8.11. The van der Waals surface area contributed by atoms with Crippen LogP contribution in [-0.2, 0) is 27.8 Å². The Kier molecular flexibility index (Phi) is 5.11. The highest BCUT2D eigenvalue weighted by atomic mass is 16.5. The van der Waals surface area contributed by atoms with Gasteiger partial charge in [-0.3, -0.25) is 4.79 Å². The van der Waals surface area contributed by atoms with Crippen LogP contribution >= 0.6 is 0 Å². The highest BCUT2D eigenvalue weighted by Crippen LogP contribution is 2.46. The number of para-hydroxylation sites is 1. The van der Waals surface area contributed by atoms with Gasteiger partial charge in [0.25, 0.3) is 5.91 Å². The predicted octanol–water partition coefficient (Wildman–Crippen LogP) is 4.00. The van der Waals surface area contributed by atoms with Crippen molar-refractivity contribution in [3.8, 4) is 0 Å². The minimum Gasteiger partial charge on any atom is -0.379 e. The molecule has 0 spiro atoms. The Morgan fingerprint density at radius 2 is 1.27 bits per heavy atom. The molecule has 152 valence electrons. The Morgan fingerprint density at radius 1 is 0.733 bits per heavy atom. The van der Waals surface area contributed by atoms with Gasteiger partial charge in [-0.1, -0.05) is 78.9 Å². The second-order valence-corrected chi connectivity index (χ2v) is 8.11. The van der Waals surface area contributed by atoms with Gasteiger partial charge in [-0.05, 0) is 35.6 Å². The summed E-state index contributed by atoms with van der Waals surface area (Å²) in [5.74, 6) is 0.165. The Labute approximate surface area is 177 Å². The molecule has 1 fully saturated rings. The molecule has 0 saturated carbocycles. The van der Waals surface area contributed by atoms with Crippen molar-refractivity contribution >= 4 is 11.6 Å². The molecule has 0 N–H and O–H groups in total. The fraction of sp³-hybridized carbons (Fsp3) is 0.269. The number of carbonyl (C=O) groups is 1. The molecule has 4 nitrogen and oxygen atoms in total. The summed E-state index contributed by atoms with van der Waals surface area (Å²) in [7, 11) is 0. The number of benzene rings is 3. The quantitative estimate of drug-likeness (QED) is 0.651. The van der Waals surface area contributed by atoms with Crippen LogP contribution in [0.3, 0.4) is 0 Å². The van der Waals surface area contributed by atoms with Crippen LogP contribution in [0.2, 0.25) is 0 Å². The van der Waals surface area contributed by atoms with E-state index in [1.165, 1.54) is 11.1 Å². The highest BCUT2D eigenvalue weighted by molar-refractivity contribution is 6.08. The average Bonchev–Trinajstić information content (AvgIpc) is 3.04. The number of anilines is 1. The summed E-state index contributed by atoms with van der Waals surface area (Å²) in [4.78, 5) is 14.2. The molecule has 2 heterocycles. The van der Waals surface area contributed by atoms with Crippen molar-refractivity contribution in [1.82, 2.24) is 5.01 Å². The third kappa shape index (κ3) is 3.32. The summed E-state index contributed by atoms with van der Waals surface area (Å²) in [6.45, 7) is 2.76. The maximum absolute atomic E-state index is 14.2. The molecule has 0 atom stereocenters. The molecule has 0 unspecified atom stereocenters. The number of rotatable bonds is 5. The molecule has 3 aromatic carbocycles. The largest absolute Gasteiger partial charge is 0.379 e. The van der Waals surface area contributed by atoms with E-state index in [1.54, 1.807) is 0 Å². The van der Waals surface area contributed by atoms with Gasteiger partial charge in [-0.2, -0.15) is 0 Å². The number of carbonyl (C=O) groups excluding carboxylic acids is 1. The first kappa shape index (κ1) is 19.0. The van der Waals surface area contributed by atoms with Crippen LogP contribution < -0.4 is 5.01 Å². The van der Waals surface area contributed by atoms with Crippen LogP contribution in [0.15, 0.2) is 84.9 Å². The molecule has 0 aliphatic carbocycles. The van der Waals surface area contributed by atoms with Gasteiger partial charge in [0.05, 0.1) is 24.3 Å². The summed E-state index contributed by atoms with van der Waals surface area (Å²) in [5.41, 5.74) is 3.86. The molecular formula is C26H26N2O2. The molecule has 4 heteroatoms. The summed E-state index contributed by atoms with van der Waals surface area (Å²) in [6.07, 6.45) is 1.36. The third-order valence-electron chi connectivity index (χ3n) is 6.22. The first-order valence-corrected chi connectivity index (χ1v) is 10.6. The summed E-state index contributed by atoms with van der Waals surface area (Å²) < 4.78 is 5.55. The average molecular weight is 399 g/mol. The van der Waals surface area contributed by atoms with Gasteiger partial charge in [-0.15, -0.1) is 0 Å². The van der Waals surface area contributed by atoms with E-state index < -0.39 is 5.41 Å². The second kappa shape index (κ2) is 8.05. The van der Waals surface area contributed by atoms with E-state index in [1.807, 2.05) is 23.2 Å². The van der Waals surface area contributed by atoms with E-state index in [9.17, 15) is 4.79 Å². The van der Waals surface area contributed by atoms with E-state index in [-0.39, 0.29) is 5.91 Å². The lowest BCUT2D eigenvalue weighted by Gasteiger charge is -2.36. The van der Waals surface area contributed by atoms with Crippen molar-refractivity contribution < 1.29 is 9.53 Å².